The summed E-state index contributed by atoms with van der Waals surface area (Å²) < 4.78 is 11.3. The molecule has 0 unspecified atom stereocenters. The minimum Gasteiger partial charge on any atom is -0.134 e. The van der Waals surface area contributed by atoms with E-state index in [0.29, 0.717) is 0 Å². The first-order valence-electron chi connectivity index (χ1n) is 11.8. The van der Waals surface area contributed by atoms with Crippen molar-refractivity contribution in [2.24, 2.45) is 0 Å². The first kappa shape index (κ1) is 22.0. The van der Waals surface area contributed by atoms with Crippen LogP contribution in [0.25, 0.3) is 69.9 Å². The Kier molecular flexibility index (Phi) is 5.57. The molecule has 0 N–H and O–H groups in total. The van der Waals surface area contributed by atoms with Crippen LogP contribution in [0.2, 0.25) is 0 Å². The highest BCUT2D eigenvalue weighted by Gasteiger charge is 2.15. The number of hydrogen-bond acceptors (Lipinski definition) is 4. The third kappa shape index (κ3) is 3.13. The second kappa shape index (κ2) is 8.62. The molecule has 0 radical (unpaired) electrons. The molecule has 0 aliphatic heterocycles. The van der Waals surface area contributed by atoms with Gasteiger partial charge in [0.15, 0.2) is 0 Å². The van der Waals surface area contributed by atoms with Gasteiger partial charge in [0.05, 0.1) is 18.8 Å². The van der Waals surface area contributed by atoms with E-state index < -0.39 is 0 Å². The standard InChI is InChI=1S/C26H12S4.2C2H6/c1-3-7-19-15(5-1)23-25(27-19)17-9-13-12-22-18(10-14(13)11-21(17)29-23)26-24(30-22)16-6-2-4-8-20(16)28-26;2*1-2/h1-12H;2*1-2H3. The van der Waals surface area contributed by atoms with E-state index in [1.54, 1.807) is 0 Å². The smallest absolute Gasteiger partial charge is 0.0542 e. The van der Waals surface area contributed by atoms with Crippen molar-refractivity contribution in [2.75, 3.05) is 0 Å². The van der Waals surface area contributed by atoms with E-state index in [4.69, 9.17) is 0 Å². The Balaban J connectivity index is 0.000000519. The second-order valence-electron chi connectivity index (χ2n) is 7.76. The van der Waals surface area contributed by atoms with Gasteiger partial charge in [-0.1, -0.05) is 64.1 Å². The maximum absolute atomic E-state index is 2.42. The van der Waals surface area contributed by atoms with Gasteiger partial charge >= 0.3 is 0 Å². The van der Waals surface area contributed by atoms with Crippen LogP contribution >= 0.6 is 45.3 Å². The highest BCUT2D eigenvalue weighted by Crippen LogP contribution is 2.48. The summed E-state index contributed by atoms with van der Waals surface area (Å²) in [5.74, 6) is 0. The summed E-state index contributed by atoms with van der Waals surface area (Å²) in [7, 11) is 0. The molecule has 8 aromatic rings. The first-order valence-corrected chi connectivity index (χ1v) is 15.1. The van der Waals surface area contributed by atoms with Crippen molar-refractivity contribution in [3.05, 3.63) is 72.8 Å². The Morgan fingerprint density at radius 1 is 0.382 bits per heavy atom. The fourth-order valence-corrected chi connectivity index (χ4v) is 10.0. The number of rotatable bonds is 0. The van der Waals surface area contributed by atoms with Crippen LogP contribution in [0.15, 0.2) is 72.8 Å². The Morgan fingerprint density at radius 2 is 0.735 bits per heavy atom. The van der Waals surface area contributed by atoms with E-state index in [0.717, 1.165) is 0 Å². The fraction of sp³-hybridized carbons (Fsp3) is 0.133. The summed E-state index contributed by atoms with van der Waals surface area (Å²) >= 11 is 7.75. The molecule has 168 valence electrons. The molecule has 0 spiro atoms. The zero-order valence-corrected chi connectivity index (χ0v) is 22.8. The highest BCUT2D eigenvalue weighted by molar-refractivity contribution is 7.37. The summed E-state index contributed by atoms with van der Waals surface area (Å²) in [5.41, 5.74) is 0. The molecule has 0 aliphatic carbocycles. The van der Waals surface area contributed by atoms with Crippen molar-refractivity contribution in [3.8, 4) is 0 Å². The molecule has 34 heavy (non-hydrogen) atoms. The minimum atomic E-state index is 1.35. The van der Waals surface area contributed by atoms with Crippen molar-refractivity contribution in [2.45, 2.75) is 27.7 Å². The number of thiophene rings is 4. The number of hydrogen-bond donors (Lipinski definition) is 0. The van der Waals surface area contributed by atoms with E-state index in [1.807, 2.05) is 73.0 Å². The van der Waals surface area contributed by atoms with Crippen molar-refractivity contribution in [3.63, 3.8) is 0 Å². The second-order valence-corrected chi connectivity index (χ2v) is 12.0. The van der Waals surface area contributed by atoms with Crippen LogP contribution in [-0.4, -0.2) is 0 Å². The number of fused-ring (bicyclic) bond motifs is 11. The molecule has 0 fully saturated rings. The molecule has 0 amide bonds. The van der Waals surface area contributed by atoms with Gasteiger partial charge in [-0.25, -0.2) is 0 Å². The zero-order chi connectivity index (χ0) is 23.4. The van der Waals surface area contributed by atoms with Gasteiger partial charge in [-0.3, -0.25) is 0 Å². The molecule has 0 atom stereocenters. The van der Waals surface area contributed by atoms with Gasteiger partial charge < -0.3 is 0 Å². The monoisotopic (exact) mass is 512 g/mol. The molecular formula is C30H24S4. The average molecular weight is 513 g/mol. The Hall–Kier alpha value is -2.50. The van der Waals surface area contributed by atoms with Crippen LogP contribution < -0.4 is 0 Å². The first-order chi connectivity index (χ1) is 16.8. The predicted molar refractivity (Wildman–Crippen MR) is 163 cm³/mol. The van der Waals surface area contributed by atoms with Crippen molar-refractivity contribution in [1.82, 2.24) is 0 Å². The maximum atomic E-state index is 2.42. The lowest BCUT2D eigenvalue weighted by Crippen LogP contribution is -1.73. The highest BCUT2D eigenvalue weighted by atomic mass is 32.1. The lowest BCUT2D eigenvalue weighted by molar-refractivity contribution is 1.50. The average Bonchev–Trinajstić information content (AvgIpc) is 3.62. The predicted octanol–water partition coefficient (Wildman–Crippen LogP) is 12.1. The lowest BCUT2D eigenvalue weighted by Gasteiger charge is -2.00. The molecule has 0 bridgehead atoms. The molecule has 0 nitrogen and oxygen atoms in total. The van der Waals surface area contributed by atoms with Crippen molar-refractivity contribution in [1.29, 1.82) is 0 Å². The van der Waals surface area contributed by atoms with Gasteiger partial charge in [0, 0.05) is 40.3 Å². The quantitative estimate of drug-likeness (QED) is 0.189. The zero-order valence-electron chi connectivity index (χ0n) is 19.6. The largest absolute Gasteiger partial charge is 0.134 e. The van der Waals surface area contributed by atoms with Gasteiger partial charge in [-0.05, 0) is 47.2 Å². The Labute approximate surface area is 214 Å². The fourth-order valence-electron chi connectivity index (χ4n) is 4.65. The maximum Gasteiger partial charge on any atom is 0.0542 e. The van der Waals surface area contributed by atoms with Crippen LogP contribution in [0.4, 0.5) is 0 Å². The van der Waals surface area contributed by atoms with E-state index >= 15 is 0 Å². The van der Waals surface area contributed by atoms with Crippen molar-refractivity contribution >= 4 is 115 Å². The van der Waals surface area contributed by atoms with Crippen LogP contribution in [0, 0.1) is 0 Å². The molecule has 0 saturated heterocycles. The third-order valence-corrected chi connectivity index (χ3v) is 11.1. The summed E-state index contributed by atoms with van der Waals surface area (Å²) in [4.78, 5) is 0. The van der Waals surface area contributed by atoms with Crippen LogP contribution in [0.5, 0.6) is 0 Å². The van der Waals surface area contributed by atoms with Gasteiger partial charge in [-0.15, -0.1) is 45.3 Å². The summed E-state index contributed by atoms with van der Waals surface area (Å²) in [6.45, 7) is 8.00. The van der Waals surface area contributed by atoms with Crippen LogP contribution in [0.3, 0.4) is 0 Å². The summed E-state index contributed by atoms with van der Waals surface area (Å²) in [6.07, 6.45) is 0. The molecule has 4 heteroatoms. The lowest BCUT2D eigenvalue weighted by atomic mass is 10.1. The Morgan fingerprint density at radius 3 is 1.18 bits per heavy atom. The van der Waals surface area contributed by atoms with Gasteiger partial charge in [0.1, 0.15) is 0 Å². The van der Waals surface area contributed by atoms with Crippen LogP contribution in [-0.2, 0) is 0 Å². The number of benzene rings is 4. The van der Waals surface area contributed by atoms with Crippen molar-refractivity contribution < 1.29 is 0 Å². The topological polar surface area (TPSA) is 0 Å². The Bertz CT molecular complexity index is 1810. The molecule has 8 rings (SSSR count). The van der Waals surface area contributed by atoms with Gasteiger partial charge in [0.25, 0.3) is 0 Å². The molecule has 0 aliphatic rings. The van der Waals surface area contributed by atoms with Gasteiger partial charge in [0.2, 0.25) is 0 Å². The third-order valence-electron chi connectivity index (χ3n) is 6.05. The molecule has 4 aromatic carbocycles. The summed E-state index contributed by atoms with van der Waals surface area (Å²) in [6, 6.07) is 27.3. The van der Waals surface area contributed by atoms with E-state index in [-0.39, 0.29) is 0 Å². The normalized spacial score (nSPS) is 11.5. The molecule has 4 heterocycles. The minimum absolute atomic E-state index is 1.35. The van der Waals surface area contributed by atoms with Gasteiger partial charge in [-0.2, -0.15) is 0 Å². The van der Waals surface area contributed by atoms with Crippen LogP contribution in [0.1, 0.15) is 27.7 Å². The SMILES string of the molecule is CC.CC.c1ccc2c(c1)sc1c3cc4cc5sc6c7ccccc7sc6c5cc4cc3sc21. The molecule has 0 saturated carbocycles. The summed E-state index contributed by atoms with van der Waals surface area (Å²) in [5, 5.41) is 8.32. The van der Waals surface area contributed by atoms with E-state index in [9.17, 15) is 0 Å². The van der Waals surface area contributed by atoms with E-state index in [1.165, 1.54) is 69.9 Å². The van der Waals surface area contributed by atoms with E-state index in [2.05, 4.69) is 72.8 Å². The molecular weight excluding hydrogens is 489 g/mol. The molecule has 4 aromatic heterocycles.